The van der Waals surface area contributed by atoms with Crippen molar-refractivity contribution in [2.24, 2.45) is 11.7 Å². The lowest BCUT2D eigenvalue weighted by atomic mass is 10.0. The Morgan fingerprint density at radius 1 is 0.950 bits per heavy atom. The fourth-order valence-corrected chi connectivity index (χ4v) is 2.75. The second-order valence-corrected chi connectivity index (χ2v) is 6.13. The molecule has 0 aliphatic carbocycles. The van der Waals surface area contributed by atoms with E-state index < -0.39 is 0 Å². The second kappa shape index (κ2) is 6.27. The summed E-state index contributed by atoms with van der Waals surface area (Å²) in [7, 11) is 0. The molecule has 2 aromatic rings. The standard InChI is InChI=1S/C18H26N2/c1-13(2)12-20(14(3)4)18-10-9-15(11-19)16-7-5-6-8-17(16)18/h5-10,13-14H,11-12,19H2,1-4H3. The van der Waals surface area contributed by atoms with Crippen molar-refractivity contribution >= 4 is 16.5 Å². The van der Waals surface area contributed by atoms with Gasteiger partial charge in [0.05, 0.1) is 0 Å². The summed E-state index contributed by atoms with van der Waals surface area (Å²) in [5, 5.41) is 2.59. The molecule has 0 radical (unpaired) electrons. The zero-order chi connectivity index (χ0) is 14.7. The fraction of sp³-hybridized carbons (Fsp3) is 0.444. The Labute approximate surface area is 122 Å². The molecule has 2 rings (SSSR count). The molecule has 0 unspecified atom stereocenters. The molecule has 0 amide bonds. The highest BCUT2D eigenvalue weighted by atomic mass is 15.2. The Morgan fingerprint density at radius 3 is 2.15 bits per heavy atom. The molecule has 0 atom stereocenters. The van der Waals surface area contributed by atoms with Gasteiger partial charge in [-0.05, 0) is 36.8 Å². The molecular formula is C18H26N2. The Bertz CT molecular complexity index is 573. The van der Waals surface area contributed by atoms with Crippen LogP contribution in [-0.4, -0.2) is 12.6 Å². The topological polar surface area (TPSA) is 29.3 Å². The second-order valence-electron chi connectivity index (χ2n) is 6.13. The van der Waals surface area contributed by atoms with E-state index >= 15 is 0 Å². The van der Waals surface area contributed by atoms with Gasteiger partial charge in [0.15, 0.2) is 0 Å². The van der Waals surface area contributed by atoms with Crippen LogP contribution < -0.4 is 10.6 Å². The zero-order valence-electron chi connectivity index (χ0n) is 13.1. The molecule has 0 aromatic heterocycles. The van der Waals surface area contributed by atoms with E-state index in [0.717, 1.165) is 6.54 Å². The minimum atomic E-state index is 0.490. The lowest BCUT2D eigenvalue weighted by molar-refractivity contribution is 0.572. The molecule has 2 nitrogen and oxygen atoms in total. The third-order valence-electron chi connectivity index (χ3n) is 3.71. The average molecular weight is 270 g/mol. The lowest BCUT2D eigenvalue weighted by Crippen LogP contribution is -2.34. The Balaban J connectivity index is 2.58. The summed E-state index contributed by atoms with van der Waals surface area (Å²) in [6.45, 7) is 10.7. The monoisotopic (exact) mass is 270 g/mol. The SMILES string of the molecule is CC(C)CN(c1ccc(CN)c2ccccc12)C(C)C. The van der Waals surface area contributed by atoms with Gasteiger partial charge in [-0.1, -0.05) is 44.2 Å². The predicted molar refractivity (Wildman–Crippen MR) is 89.2 cm³/mol. The summed E-state index contributed by atoms with van der Waals surface area (Å²) >= 11 is 0. The van der Waals surface area contributed by atoms with Crippen molar-refractivity contribution in [1.82, 2.24) is 0 Å². The van der Waals surface area contributed by atoms with Gasteiger partial charge in [0, 0.05) is 30.2 Å². The van der Waals surface area contributed by atoms with Crippen molar-refractivity contribution in [3.05, 3.63) is 42.0 Å². The first-order chi connectivity index (χ1) is 9.54. The molecule has 0 spiro atoms. The number of rotatable bonds is 5. The first-order valence-corrected chi connectivity index (χ1v) is 7.52. The van der Waals surface area contributed by atoms with E-state index in [9.17, 15) is 0 Å². The minimum Gasteiger partial charge on any atom is -0.368 e. The number of anilines is 1. The van der Waals surface area contributed by atoms with Gasteiger partial charge >= 0.3 is 0 Å². The van der Waals surface area contributed by atoms with Crippen molar-refractivity contribution in [1.29, 1.82) is 0 Å². The van der Waals surface area contributed by atoms with Crippen molar-refractivity contribution < 1.29 is 0 Å². The van der Waals surface area contributed by atoms with Crippen LogP contribution in [0.25, 0.3) is 10.8 Å². The van der Waals surface area contributed by atoms with E-state index in [-0.39, 0.29) is 0 Å². The van der Waals surface area contributed by atoms with Gasteiger partial charge < -0.3 is 10.6 Å². The summed E-state index contributed by atoms with van der Waals surface area (Å²) in [4.78, 5) is 2.49. The van der Waals surface area contributed by atoms with Crippen LogP contribution in [0.15, 0.2) is 36.4 Å². The number of nitrogens with zero attached hydrogens (tertiary/aromatic N) is 1. The van der Waals surface area contributed by atoms with Crippen LogP contribution in [-0.2, 0) is 6.54 Å². The first kappa shape index (κ1) is 14.9. The van der Waals surface area contributed by atoms with Crippen LogP contribution in [0.3, 0.4) is 0 Å². The summed E-state index contributed by atoms with van der Waals surface area (Å²) in [5.74, 6) is 0.644. The van der Waals surface area contributed by atoms with Crippen LogP contribution in [0.5, 0.6) is 0 Å². The largest absolute Gasteiger partial charge is 0.368 e. The van der Waals surface area contributed by atoms with E-state index in [0.29, 0.717) is 18.5 Å². The normalized spacial score (nSPS) is 11.6. The predicted octanol–water partition coefficient (Wildman–Crippen LogP) is 4.17. The summed E-state index contributed by atoms with van der Waals surface area (Å²) in [6, 6.07) is 13.5. The van der Waals surface area contributed by atoms with Gasteiger partial charge in [-0.3, -0.25) is 0 Å². The Morgan fingerprint density at radius 2 is 1.60 bits per heavy atom. The van der Waals surface area contributed by atoms with Crippen molar-refractivity contribution in [3.63, 3.8) is 0 Å². The number of nitrogens with two attached hydrogens (primary N) is 1. The number of fused-ring (bicyclic) bond motifs is 1. The van der Waals surface area contributed by atoms with Crippen LogP contribution in [0.2, 0.25) is 0 Å². The number of hydrogen-bond donors (Lipinski definition) is 1. The van der Waals surface area contributed by atoms with Crippen molar-refractivity contribution in [2.75, 3.05) is 11.4 Å². The molecule has 0 heterocycles. The minimum absolute atomic E-state index is 0.490. The van der Waals surface area contributed by atoms with E-state index in [1.165, 1.54) is 22.0 Å². The maximum Gasteiger partial charge on any atom is 0.0448 e. The molecule has 108 valence electrons. The maximum absolute atomic E-state index is 5.87. The van der Waals surface area contributed by atoms with Crippen molar-refractivity contribution in [3.8, 4) is 0 Å². The molecular weight excluding hydrogens is 244 g/mol. The quantitative estimate of drug-likeness (QED) is 0.883. The van der Waals surface area contributed by atoms with Crippen LogP contribution in [0.4, 0.5) is 5.69 Å². The van der Waals surface area contributed by atoms with E-state index in [4.69, 9.17) is 5.73 Å². The maximum atomic E-state index is 5.87. The van der Waals surface area contributed by atoms with E-state index in [1.54, 1.807) is 0 Å². The Kier molecular flexibility index (Phi) is 4.66. The Hall–Kier alpha value is -1.54. The molecule has 0 fully saturated rings. The van der Waals surface area contributed by atoms with Crippen LogP contribution in [0.1, 0.15) is 33.3 Å². The summed E-state index contributed by atoms with van der Waals surface area (Å²) < 4.78 is 0. The molecule has 2 heteroatoms. The van der Waals surface area contributed by atoms with Crippen LogP contribution >= 0.6 is 0 Å². The molecule has 2 aromatic carbocycles. The van der Waals surface area contributed by atoms with Gasteiger partial charge in [0.1, 0.15) is 0 Å². The molecule has 2 N–H and O–H groups in total. The molecule has 0 saturated heterocycles. The third-order valence-corrected chi connectivity index (χ3v) is 3.71. The molecule has 0 aliphatic heterocycles. The van der Waals surface area contributed by atoms with Gasteiger partial charge in [-0.25, -0.2) is 0 Å². The molecule has 0 saturated carbocycles. The smallest absolute Gasteiger partial charge is 0.0448 e. The van der Waals surface area contributed by atoms with Crippen LogP contribution in [0, 0.1) is 5.92 Å². The van der Waals surface area contributed by atoms with E-state index in [1.807, 2.05) is 0 Å². The highest BCUT2D eigenvalue weighted by molar-refractivity contribution is 5.96. The lowest BCUT2D eigenvalue weighted by Gasteiger charge is -2.32. The number of benzene rings is 2. The zero-order valence-corrected chi connectivity index (χ0v) is 13.1. The fourth-order valence-electron chi connectivity index (χ4n) is 2.75. The summed E-state index contributed by atoms with van der Waals surface area (Å²) in [6.07, 6.45) is 0. The highest BCUT2D eigenvalue weighted by Crippen LogP contribution is 2.31. The van der Waals surface area contributed by atoms with Gasteiger partial charge in [-0.15, -0.1) is 0 Å². The highest BCUT2D eigenvalue weighted by Gasteiger charge is 2.15. The van der Waals surface area contributed by atoms with Crippen molar-refractivity contribution in [2.45, 2.75) is 40.3 Å². The van der Waals surface area contributed by atoms with E-state index in [2.05, 4.69) is 69.0 Å². The molecule has 20 heavy (non-hydrogen) atoms. The third kappa shape index (κ3) is 2.96. The van der Waals surface area contributed by atoms with Gasteiger partial charge in [0.2, 0.25) is 0 Å². The molecule has 0 aliphatic rings. The first-order valence-electron chi connectivity index (χ1n) is 7.52. The number of hydrogen-bond acceptors (Lipinski definition) is 2. The van der Waals surface area contributed by atoms with Gasteiger partial charge in [-0.2, -0.15) is 0 Å². The summed E-state index contributed by atoms with van der Waals surface area (Å²) in [5.41, 5.74) is 8.41. The average Bonchev–Trinajstić information content (AvgIpc) is 2.43. The molecule has 0 bridgehead atoms. The van der Waals surface area contributed by atoms with Gasteiger partial charge in [0.25, 0.3) is 0 Å².